The van der Waals surface area contributed by atoms with Gasteiger partial charge in [-0.25, -0.2) is 17.6 Å². The van der Waals surface area contributed by atoms with Crippen molar-refractivity contribution in [3.05, 3.63) is 24.3 Å². The summed E-state index contributed by atoms with van der Waals surface area (Å²) in [6, 6.07) is 4.96. The molecule has 0 bridgehead atoms. The molecule has 0 aliphatic carbocycles. The van der Waals surface area contributed by atoms with Crippen molar-refractivity contribution in [2.45, 2.75) is 10.4 Å². The molecule has 1 rings (SSSR count). The Morgan fingerprint density at radius 1 is 1.50 bits per heavy atom. The zero-order chi connectivity index (χ0) is 12.3. The van der Waals surface area contributed by atoms with Gasteiger partial charge in [0.2, 0.25) is 9.84 Å². The summed E-state index contributed by atoms with van der Waals surface area (Å²) < 4.78 is 40.6. The Bertz CT molecular complexity index is 496. The Morgan fingerprint density at radius 2 is 2.12 bits per heavy atom. The van der Waals surface area contributed by atoms with Crippen LogP contribution in [-0.2, 0) is 14.6 Å². The first kappa shape index (κ1) is 12.4. The highest BCUT2D eigenvalue weighted by Gasteiger charge is 2.34. The molecule has 1 aromatic rings. The van der Waals surface area contributed by atoms with Crippen LogP contribution in [0.15, 0.2) is 29.2 Å². The quantitative estimate of drug-likeness (QED) is 0.854. The van der Waals surface area contributed by atoms with Crippen molar-refractivity contribution < 1.29 is 27.4 Å². The van der Waals surface area contributed by atoms with E-state index in [0.29, 0.717) is 0 Å². The van der Waals surface area contributed by atoms with E-state index in [4.69, 9.17) is 9.84 Å². The zero-order valence-corrected chi connectivity index (χ0v) is 9.07. The molecule has 0 amide bonds. The number of hydrogen-bond acceptors (Lipinski definition) is 4. The first-order valence-electron chi connectivity index (χ1n) is 4.14. The summed E-state index contributed by atoms with van der Waals surface area (Å²) in [7, 11) is -3.20. The second-order valence-electron chi connectivity index (χ2n) is 2.88. The molecule has 16 heavy (non-hydrogen) atoms. The number of carboxylic acid groups (broad SMARTS) is 1. The average molecular weight is 248 g/mol. The van der Waals surface area contributed by atoms with Gasteiger partial charge in [0.25, 0.3) is 0 Å². The molecule has 0 aliphatic heterocycles. The largest absolute Gasteiger partial charge is 0.497 e. The van der Waals surface area contributed by atoms with E-state index in [0.717, 1.165) is 12.1 Å². The summed E-state index contributed by atoms with van der Waals surface area (Å²) in [5.41, 5.74) is -2.97. The van der Waals surface area contributed by atoms with Crippen molar-refractivity contribution in [3.8, 4) is 5.75 Å². The number of alkyl halides is 1. The number of halogens is 1. The summed E-state index contributed by atoms with van der Waals surface area (Å²) in [5.74, 6) is -1.83. The number of benzene rings is 1. The number of aliphatic carboxylic acids is 1. The fourth-order valence-electron chi connectivity index (χ4n) is 1.03. The SMILES string of the molecule is COc1cccc(S(=O)(=O)C(F)C(=O)O)c1. The average Bonchev–Trinajstić information content (AvgIpc) is 2.27. The Hall–Kier alpha value is -1.63. The molecule has 0 aliphatic rings. The highest BCUT2D eigenvalue weighted by atomic mass is 32.2. The first-order valence-corrected chi connectivity index (χ1v) is 5.69. The monoisotopic (exact) mass is 248 g/mol. The minimum absolute atomic E-state index is 0.207. The maximum Gasteiger partial charge on any atom is 0.354 e. The van der Waals surface area contributed by atoms with Gasteiger partial charge >= 0.3 is 11.5 Å². The summed E-state index contributed by atoms with van der Waals surface area (Å²) in [6.07, 6.45) is 0. The lowest BCUT2D eigenvalue weighted by Crippen LogP contribution is -2.25. The highest BCUT2D eigenvalue weighted by Crippen LogP contribution is 2.21. The van der Waals surface area contributed by atoms with Gasteiger partial charge in [-0.2, -0.15) is 0 Å². The number of carbonyl (C=O) groups is 1. The van der Waals surface area contributed by atoms with Crippen LogP contribution in [0.2, 0.25) is 0 Å². The summed E-state index contributed by atoms with van der Waals surface area (Å²) >= 11 is 0. The molecular formula is C9H9FO5S. The molecule has 0 aromatic heterocycles. The number of methoxy groups -OCH3 is 1. The smallest absolute Gasteiger partial charge is 0.354 e. The second-order valence-corrected chi connectivity index (χ2v) is 4.85. The number of rotatable bonds is 4. The Labute approximate surface area is 91.4 Å². The minimum Gasteiger partial charge on any atom is -0.497 e. The standard InChI is InChI=1S/C9H9FO5S/c1-15-6-3-2-4-7(5-6)16(13,14)8(10)9(11)12/h2-5,8H,1H3,(H,11,12). The molecule has 5 nitrogen and oxygen atoms in total. The van der Waals surface area contributed by atoms with E-state index in [2.05, 4.69) is 0 Å². The van der Waals surface area contributed by atoms with E-state index in [1.54, 1.807) is 0 Å². The number of ether oxygens (including phenoxy) is 1. The van der Waals surface area contributed by atoms with Crippen LogP contribution in [0, 0.1) is 0 Å². The lowest BCUT2D eigenvalue weighted by Gasteiger charge is -2.07. The van der Waals surface area contributed by atoms with E-state index in [1.165, 1.54) is 19.2 Å². The van der Waals surface area contributed by atoms with E-state index in [-0.39, 0.29) is 5.75 Å². The molecule has 0 saturated heterocycles. The molecule has 1 aromatic carbocycles. The second kappa shape index (κ2) is 4.48. The van der Waals surface area contributed by atoms with Gasteiger partial charge in [0, 0.05) is 0 Å². The third-order valence-electron chi connectivity index (χ3n) is 1.84. The Balaban J connectivity index is 3.22. The molecule has 0 radical (unpaired) electrons. The topological polar surface area (TPSA) is 80.7 Å². The van der Waals surface area contributed by atoms with Crippen molar-refractivity contribution >= 4 is 15.8 Å². The van der Waals surface area contributed by atoms with Crippen molar-refractivity contribution in [2.75, 3.05) is 7.11 Å². The van der Waals surface area contributed by atoms with Gasteiger partial charge in [-0.15, -0.1) is 0 Å². The molecule has 88 valence electrons. The number of carboxylic acids is 1. The highest BCUT2D eigenvalue weighted by molar-refractivity contribution is 7.92. The van der Waals surface area contributed by atoms with Gasteiger partial charge in [0.15, 0.2) is 0 Å². The van der Waals surface area contributed by atoms with Crippen molar-refractivity contribution in [3.63, 3.8) is 0 Å². The zero-order valence-electron chi connectivity index (χ0n) is 8.25. The molecule has 0 spiro atoms. The van der Waals surface area contributed by atoms with Crippen LogP contribution in [0.25, 0.3) is 0 Å². The summed E-state index contributed by atoms with van der Waals surface area (Å²) in [4.78, 5) is 9.86. The minimum atomic E-state index is -4.52. The Morgan fingerprint density at radius 3 is 2.62 bits per heavy atom. The Kier molecular flexibility index (Phi) is 3.48. The van der Waals surface area contributed by atoms with Crippen LogP contribution in [0.4, 0.5) is 4.39 Å². The molecule has 1 atom stereocenters. The van der Waals surface area contributed by atoms with E-state index >= 15 is 0 Å². The number of sulfone groups is 1. The van der Waals surface area contributed by atoms with Gasteiger partial charge in [0.1, 0.15) is 5.75 Å². The van der Waals surface area contributed by atoms with Crippen LogP contribution in [-0.4, -0.2) is 32.1 Å². The van der Waals surface area contributed by atoms with Crippen molar-refractivity contribution in [1.82, 2.24) is 0 Å². The van der Waals surface area contributed by atoms with Crippen molar-refractivity contribution in [2.24, 2.45) is 0 Å². The van der Waals surface area contributed by atoms with E-state index in [1.807, 2.05) is 0 Å². The van der Waals surface area contributed by atoms with Gasteiger partial charge in [0.05, 0.1) is 12.0 Å². The fraction of sp³-hybridized carbons (Fsp3) is 0.222. The van der Waals surface area contributed by atoms with Crippen LogP contribution >= 0.6 is 0 Å². The molecule has 0 heterocycles. The predicted molar refractivity (Wildman–Crippen MR) is 52.7 cm³/mol. The maximum atomic E-state index is 13.0. The lowest BCUT2D eigenvalue weighted by molar-refractivity contribution is -0.139. The summed E-state index contributed by atoms with van der Waals surface area (Å²) in [5, 5.41) is 8.32. The van der Waals surface area contributed by atoms with Gasteiger partial charge in [-0.05, 0) is 18.2 Å². The van der Waals surface area contributed by atoms with Gasteiger partial charge in [-0.3, -0.25) is 0 Å². The molecule has 1 N–H and O–H groups in total. The molecule has 7 heteroatoms. The third-order valence-corrected chi connectivity index (χ3v) is 3.49. The third kappa shape index (κ3) is 2.30. The van der Waals surface area contributed by atoms with Crippen LogP contribution in [0.3, 0.4) is 0 Å². The van der Waals surface area contributed by atoms with Crippen LogP contribution in [0.5, 0.6) is 5.75 Å². The van der Waals surface area contributed by atoms with Gasteiger partial charge in [-0.1, -0.05) is 6.07 Å². The van der Waals surface area contributed by atoms with E-state index < -0.39 is 26.2 Å². The predicted octanol–water partition coefficient (Wildman–Crippen LogP) is 0.849. The van der Waals surface area contributed by atoms with Crippen molar-refractivity contribution in [1.29, 1.82) is 0 Å². The first-order chi connectivity index (χ1) is 7.39. The maximum absolute atomic E-state index is 13.0. The molecule has 0 fully saturated rings. The fourth-order valence-corrected chi connectivity index (χ4v) is 2.08. The number of hydrogen-bond donors (Lipinski definition) is 1. The van der Waals surface area contributed by atoms with E-state index in [9.17, 15) is 17.6 Å². The molecule has 1 unspecified atom stereocenters. The lowest BCUT2D eigenvalue weighted by atomic mass is 10.3. The van der Waals surface area contributed by atoms with Gasteiger partial charge < -0.3 is 9.84 Å². The van der Waals surface area contributed by atoms with Crippen LogP contribution < -0.4 is 4.74 Å². The normalized spacial score (nSPS) is 13.1. The molecule has 0 saturated carbocycles. The van der Waals surface area contributed by atoms with Crippen LogP contribution in [0.1, 0.15) is 0 Å². The summed E-state index contributed by atoms with van der Waals surface area (Å²) in [6.45, 7) is 0. The molecular weight excluding hydrogens is 239 g/mol.